The minimum Gasteiger partial charge on any atom is -0.311 e. The molecular formula is C6H11O5P. The van der Waals surface area contributed by atoms with Gasteiger partial charge in [0, 0.05) is 14.2 Å². The third-order valence-electron chi connectivity index (χ3n) is 1.40. The molecule has 0 aromatic carbocycles. The lowest BCUT2D eigenvalue weighted by atomic mass is 10.3. The molecule has 0 aromatic rings. The van der Waals surface area contributed by atoms with Crippen LogP contribution in [0.2, 0.25) is 0 Å². The Kier molecular flexibility index (Phi) is 4.31. The second-order valence-corrected chi connectivity index (χ2v) is 4.46. The fourth-order valence-electron chi connectivity index (χ4n) is 0.695. The van der Waals surface area contributed by atoms with Crippen molar-refractivity contribution in [2.24, 2.45) is 0 Å². The fourth-order valence-corrected chi connectivity index (χ4v) is 1.89. The highest BCUT2D eigenvalue weighted by atomic mass is 31.2. The van der Waals surface area contributed by atoms with Crippen molar-refractivity contribution >= 4 is 19.7 Å². The number of carbonyl (C=O) groups excluding carboxylic acids is 2. The molecular weight excluding hydrogens is 183 g/mol. The van der Waals surface area contributed by atoms with Gasteiger partial charge < -0.3 is 13.8 Å². The van der Waals surface area contributed by atoms with Crippen molar-refractivity contribution in [2.75, 3.05) is 14.2 Å². The topological polar surface area (TPSA) is 69.7 Å². The Labute approximate surface area is 70.6 Å². The van der Waals surface area contributed by atoms with E-state index in [4.69, 9.17) is 0 Å². The first-order chi connectivity index (χ1) is 5.51. The van der Waals surface area contributed by atoms with Crippen LogP contribution in [0, 0.1) is 0 Å². The summed E-state index contributed by atoms with van der Waals surface area (Å²) in [6.07, 6.45) is 0.274. The highest BCUT2D eigenvalue weighted by Crippen LogP contribution is 2.50. The Hall–Kier alpha value is -0.510. The van der Waals surface area contributed by atoms with Gasteiger partial charge in [-0.05, 0) is 6.92 Å². The number of rotatable bonds is 5. The van der Waals surface area contributed by atoms with Gasteiger partial charge in [-0.25, -0.2) is 0 Å². The first-order valence-corrected chi connectivity index (χ1v) is 4.80. The van der Waals surface area contributed by atoms with E-state index in [1.807, 2.05) is 0 Å². The van der Waals surface area contributed by atoms with Gasteiger partial charge in [0.15, 0.2) is 11.4 Å². The van der Waals surface area contributed by atoms with Gasteiger partial charge in [0.1, 0.15) is 6.29 Å². The van der Waals surface area contributed by atoms with Gasteiger partial charge in [-0.15, -0.1) is 0 Å². The fraction of sp³-hybridized carbons (Fsp3) is 0.667. The molecule has 5 nitrogen and oxygen atoms in total. The molecule has 0 N–H and O–H groups in total. The summed E-state index contributed by atoms with van der Waals surface area (Å²) >= 11 is 0. The van der Waals surface area contributed by atoms with Crippen molar-refractivity contribution < 1.29 is 23.2 Å². The predicted octanol–water partition coefficient (Wildman–Crippen LogP) is 0.629. The summed E-state index contributed by atoms with van der Waals surface area (Å²) < 4.78 is 20.4. The molecule has 0 radical (unpaired) electrons. The average Bonchev–Trinajstić information content (AvgIpc) is 2.04. The van der Waals surface area contributed by atoms with Crippen LogP contribution in [-0.2, 0) is 23.2 Å². The molecule has 1 unspecified atom stereocenters. The Morgan fingerprint density at radius 3 is 1.92 bits per heavy atom. The smallest absolute Gasteiger partial charge is 0.311 e. The predicted molar refractivity (Wildman–Crippen MR) is 42.2 cm³/mol. The van der Waals surface area contributed by atoms with Crippen LogP contribution in [0.15, 0.2) is 0 Å². The minimum absolute atomic E-state index is 0.274. The molecule has 0 spiro atoms. The molecule has 0 bridgehead atoms. The molecule has 0 fully saturated rings. The molecule has 0 saturated heterocycles. The largest absolute Gasteiger partial charge is 0.347 e. The molecule has 0 aliphatic heterocycles. The number of ketones is 1. The van der Waals surface area contributed by atoms with Gasteiger partial charge >= 0.3 is 7.60 Å². The van der Waals surface area contributed by atoms with E-state index >= 15 is 0 Å². The second-order valence-electron chi connectivity index (χ2n) is 2.10. The molecule has 0 aliphatic rings. The molecule has 6 heteroatoms. The van der Waals surface area contributed by atoms with E-state index < -0.39 is 19.0 Å². The van der Waals surface area contributed by atoms with Gasteiger partial charge in [-0.1, -0.05) is 0 Å². The zero-order chi connectivity index (χ0) is 9.78. The van der Waals surface area contributed by atoms with Crippen molar-refractivity contribution in [3.63, 3.8) is 0 Å². The van der Waals surface area contributed by atoms with E-state index in [1.165, 1.54) is 0 Å². The van der Waals surface area contributed by atoms with Crippen molar-refractivity contribution in [1.29, 1.82) is 0 Å². The van der Waals surface area contributed by atoms with Gasteiger partial charge in [0.25, 0.3) is 0 Å². The molecule has 70 valence electrons. The van der Waals surface area contributed by atoms with Gasteiger partial charge in [-0.2, -0.15) is 0 Å². The van der Waals surface area contributed by atoms with Crippen LogP contribution < -0.4 is 0 Å². The molecule has 0 aromatic heterocycles. The summed E-state index contributed by atoms with van der Waals surface area (Å²) in [7, 11) is -1.31. The Bertz CT molecular complexity index is 216. The summed E-state index contributed by atoms with van der Waals surface area (Å²) in [5.41, 5.74) is -1.31. The van der Waals surface area contributed by atoms with Crippen LogP contribution in [0.1, 0.15) is 6.92 Å². The molecule has 0 rings (SSSR count). The maximum atomic E-state index is 11.4. The maximum absolute atomic E-state index is 11.4. The first kappa shape index (κ1) is 11.5. The Morgan fingerprint density at radius 1 is 1.42 bits per heavy atom. The lowest BCUT2D eigenvalue weighted by Crippen LogP contribution is -2.21. The molecule has 0 aliphatic carbocycles. The lowest BCUT2D eigenvalue weighted by molar-refractivity contribution is -0.120. The summed E-state index contributed by atoms with van der Waals surface area (Å²) in [5, 5.41) is 0. The first-order valence-electron chi connectivity index (χ1n) is 3.18. The van der Waals surface area contributed by atoms with E-state index in [0.717, 1.165) is 21.1 Å². The van der Waals surface area contributed by atoms with Crippen LogP contribution in [0.25, 0.3) is 0 Å². The third-order valence-corrected chi connectivity index (χ3v) is 3.58. The summed E-state index contributed by atoms with van der Waals surface area (Å²) in [6, 6.07) is 0. The standard InChI is InChI=1S/C6H11O5P/c1-5(8)6(4-7)12(9,10-2)11-3/h4,6H,1-3H3. The van der Waals surface area contributed by atoms with Crippen LogP contribution in [0.5, 0.6) is 0 Å². The minimum atomic E-state index is -3.57. The van der Waals surface area contributed by atoms with E-state index in [9.17, 15) is 14.2 Å². The summed E-state index contributed by atoms with van der Waals surface area (Å²) in [4.78, 5) is 21.1. The zero-order valence-corrected chi connectivity index (χ0v) is 8.04. The molecule has 0 amide bonds. The van der Waals surface area contributed by atoms with Gasteiger partial charge in [-0.3, -0.25) is 9.36 Å². The van der Waals surface area contributed by atoms with Crippen LogP contribution in [-0.4, -0.2) is 31.9 Å². The summed E-state index contributed by atoms with van der Waals surface area (Å²) in [5.74, 6) is -0.531. The number of Topliss-reactive ketones (excluding diaryl/α,β-unsaturated/α-hetero) is 1. The highest BCUT2D eigenvalue weighted by molar-refractivity contribution is 7.56. The third kappa shape index (κ3) is 2.24. The van der Waals surface area contributed by atoms with Crippen molar-refractivity contribution in [2.45, 2.75) is 12.6 Å². The monoisotopic (exact) mass is 194 g/mol. The average molecular weight is 194 g/mol. The number of carbonyl (C=O) groups is 2. The number of hydrogen-bond acceptors (Lipinski definition) is 5. The molecule has 1 atom stereocenters. The van der Waals surface area contributed by atoms with Crippen LogP contribution in [0.4, 0.5) is 0 Å². The molecule has 0 heterocycles. The summed E-state index contributed by atoms with van der Waals surface area (Å²) in [6.45, 7) is 1.16. The molecule has 12 heavy (non-hydrogen) atoms. The normalized spacial score (nSPS) is 13.9. The van der Waals surface area contributed by atoms with Crippen molar-refractivity contribution in [1.82, 2.24) is 0 Å². The quantitative estimate of drug-likeness (QED) is 0.364. The zero-order valence-electron chi connectivity index (χ0n) is 7.14. The number of aldehydes is 1. The van der Waals surface area contributed by atoms with Crippen molar-refractivity contribution in [3.05, 3.63) is 0 Å². The second kappa shape index (κ2) is 4.50. The van der Waals surface area contributed by atoms with E-state index in [-0.39, 0.29) is 6.29 Å². The van der Waals surface area contributed by atoms with Crippen LogP contribution >= 0.6 is 7.60 Å². The SMILES string of the molecule is COP(=O)(OC)C(C=O)C(C)=O. The Morgan fingerprint density at radius 2 is 1.83 bits per heavy atom. The Balaban J connectivity index is 4.80. The molecule has 0 saturated carbocycles. The van der Waals surface area contributed by atoms with E-state index in [1.54, 1.807) is 0 Å². The van der Waals surface area contributed by atoms with E-state index in [2.05, 4.69) is 9.05 Å². The number of hydrogen-bond donors (Lipinski definition) is 0. The van der Waals surface area contributed by atoms with Gasteiger partial charge in [0.05, 0.1) is 0 Å². The maximum Gasteiger partial charge on any atom is 0.347 e. The van der Waals surface area contributed by atoms with Crippen LogP contribution in [0.3, 0.4) is 0 Å². The van der Waals surface area contributed by atoms with E-state index in [0.29, 0.717) is 0 Å². The van der Waals surface area contributed by atoms with Gasteiger partial charge in [0.2, 0.25) is 0 Å². The lowest BCUT2D eigenvalue weighted by Gasteiger charge is -2.16. The van der Waals surface area contributed by atoms with Crippen molar-refractivity contribution in [3.8, 4) is 0 Å². The highest BCUT2D eigenvalue weighted by Gasteiger charge is 2.37.